The highest BCUT2D eigenvalue weighted by Gasteiger charge is 2.37. The van der Waals surface area contributed by atoms with Gasteiger partial charge in [0.15, 0.2) is 11.6 Å². The fourth-order valence-corrected chi connectivity index (χ4v) is 3.07. The molecule has 1 fully saturated rings. The molecule has 0 radical (unpaired) electrons. The zero-order valence-electron chi connectivity index (χ0n) is 11.4. The first kappa shape index (κ1) is 12.0. The molecule has 4 rings (SSSR count). The number of hydrogen-bond acceptors (Lipinski definition) is 3. The van der Waals surface area contributed by atoms with Gasteiger partial charge in [-0.2, -0.15) is 0 Å². The molecule has 2 aromatic rings. The quantitative estimate of drug-likeness (QED) is 0.913. The van der Waals surface area contributed by atoms with Gasteiger partial charge in [0.05, 0.1) is 6.04 Å². The summed E-state index contributed by atoms with van der Waals surface area (Å²) in [5.74, 6) is 2.41. The molecule has 0 amide bonds. The lowest BCUT2D eigenvalue weighted by molar-refractivity contribution is 0.383. The monoisotopic (exact) mass is 272 g/mol. The molecule has 1 saturated carbocycles. The van der Waals surface area contributed by atoms with Crippen LogP contribution in [-0.4, -0.2) is 21.3 Å². The van der Waals surface area contributed by atoms with E-state index >= 15 is 0 Å². The molecule has 1 aliphatic heterocycles. The van der Waals surface area contributed by atoms with Gasteiger partial charge in [0.25, 0.3) is 0 Å². The molecule has 1 aromatic heterocycles. The predicted octanol–water partition coefficient (Wildman–Crippen LogP) is 2.45. The predicted molar refractivity (Wildman–Crippen MR) is 73.6 cm³/mol. The lowest BCUT2D eigenvalue weighted by Crippen LogP contribution is -2.35. The summed E-state index contributed by atoms with van der Waals surface area (Å²) in [6, 6.07) is 5.18. The maximum atomic E-state index is 13.3. The first-order valence-electron chi connectivity index (χ1n) is 7.17. The van der Waals surface area contributed by atoms with E-state index in [0.717, 1.165) is 35.9 Å². The molecule has 20 heavy (non-hydrogen) atoms. The molecule has 0 spiro atoms. The topological polar surface area (TPSA) is 42.7 Å². The third-order valence-corrected chi connectivity index (χ3v) is 4.28. The second-order valence-corrected chi connectivity index (χ2v) is 5.76. The van der Waals surface area contributed by atoms with E-state index in [2.05, 4.69) is 20.1 Å². The van der Waals surface area contributed by atoms with Crippen LogP contribution in [0.3, 0.4) is 0 Å². The van der Waals surface area contributed by atoms with Gasteiger partial charge in [0.2, 0.25) is 0 Å². The van der Waals surface area contributed by atoms with Crippen molar-refractivity contribution in [3.8, 4) is 11.4 Å². The molecule has 4 nitrogen and oxygen atoms in total. The molecule has 0 saturated heterocycles. The largest absolute Gasteiger partial charge is 0.308 e. The van der Waals surface area contributed by atoms with Crippen molar-refractivity contribution in [1.29, 1.82) is 0 Å². The third kappa shape index (κ3) is 1.85. The van der Waals surface area contributed by atoms with Crippen molar-refractivity contribution < 1.29 is 4.39 Å². The SMILES string of the molecule is Cc1cc(F)ccc1-c1nnc2n1CCNC2C1CC1. The number of halogens is 1. The normalized spacial score (nSPS) is 21.8. The Morgan fingerprint density at radius 3 is 2.90 bits per heavy atom. The summed E-state index contributed by atoms with van der Waals surface area (Å²) < 4.78 is 15.4. The molecule has 2 heterocycles. The van der Waals surface area contributed by atoms with Crippen LogP contribution in [0.15, 0.2) is 18.2 Å². The van der Waals surface area contributed by atoms with Crippen molar-refractivity contribution in [2.24, 2.45) is 5.92 Å². The van der Waals surface area contributed by atoms with Crippen LogP contribution in [0.4, 0.5) is 4.39 Å². The van der Waals surface area contributed by atoms with Gasteiger partial charge in [-0.15, -0.1) is 10.2 Å². The number of nitrogens with one attached hydrogen (secondary N) is 1. The molecule has 5 heteroatoms. The number of nitrogens with zero attached hydrogens (tertiary/aromatic N) is 3. The highest BCUT2D eigenvalue weighted by Crippen LogP contribution is 2.42. The molecule has 1 aliphatic carbocycles. The van der Waals surface area contributed by atoms with Gasteiger partial charge in [0.1, 0.15) is 5.82 Å². The van der Waals surface area contributed by atoms with E-state index in [1.807, 2.05) is 6.92 Å². The first-order valence-corrected chi connectivity index (χ1v) is 7.17. The fraction of sp³-hybridized carbons (Fsp3) is 0.467. The summed E-state index contributed by atoms with van der Waals surface area (Å²) in [5, 5.41) is 12.3. The van der Waals surface area contributed by atoms with Crippen molar-refractivity contribution in [1.82, 2.24) is 20.1 Å². The zero-order valence-corrected chi connectivity index (χ0v) is 11.4. The van der Waals surface area contributed by atoms with Gasteiger partial charge < -0.3 is 9.88 Å². The first-order chi connectivity index (χ1) is 9.74. The summed E-state index contributed by atoms with van der Waals surface area (Å²) in [4.78, 5) is 0. The van der Waals surface area contributed by atoms with Crippen molar-refractivity contribution in [2.75, 3.05) is 6.54 Å². The fourth-order valence-electron chi connectivity index (χ4n) is 3.07. The van der Waals surface area contributed by atoms with Crippen LogP contribution < -0.4 is 5.32 Å². The number of fused-ring (bicyclic) bond motifs is 1. The number of hydrogen-bond donors (Lipinski definition) is 1. The van der Waals surface area contributed by atoms with E-state index < -0.39 is 0 Å². The Morgan fingerprint density at radius 2 is 2.15 bits per heavy atom. The van der Waals surface area contributed by atoms with Crippen LogP contribution in [0.2, 0.25) is 0 Å². The summed E-state index contributed by atoms with van der Waals surface area (Å²) in [6.45, 7) is 3.73. The molecule has 1 unspecified atom stereocenters. The summed E-state index contributed by atoms with van der Waals surface area (Å²) >= 11 is 0. The molecular formula is C15H17FN4. The van der Waals surface area contributed by atoms with Gasteiger partial charge in [-0.1, -0.05) is 0 Å². The number of aryl methyl sites for hydroxylation is 1. The molecular weight excluding hydrogens is 255 g/mol. The van der Waals surface area contributed by atoms with E-state index in [9.17, 15) is 4.39 Å². The highest BCUT2D eigenvalue weighted by molar-refractivity contribution is 5.60. The maximum absolute atomic E-state index is 13.3. The second kappa shape index (κ2) is 4.38. The highest BCUT2D eigenvalue weighted by atomic mass is 19.1. The Morgan fingerprint density at radius 1 is 1.30 bits per heavy atom. The summed E-state index contributed by atoms with van der Waals surface area (Å²) in [6.07, 6.45) is 2.55. The number of benzene rings is 1. The van der Waals surface area contributed by atoms with Crippen LogP contribution in [0.5, 0.6) is 0 Å². The minimum Gasteiger partial charge on any atom is -0.308 e. The smallest absolute Gasteiger partial charge is 0.164 e. The average Bonchev–Trinajstić information content (AvgIpc) is 3.19. The van der Waals surface area contributed by atoms with E-state index in [4.69, 9.17) is 0 Å². The third-order valence-electron chi connectivity index (χ3n) is 4.28. The Labute approximate surface area is 117 Å². The molecule has 0 bridgehead atoms. The van der Waals surface area contributed by atoms with Crippen molar-refractivity contribution in [3.05, 3.63) is 35.4 Å². The Balaban J connectivity index is 1.80. The molecule has 2 aliphatic rings. The summed E-state index contributed by atoms with van der Waals surface area (Å²) in [5.41, 5.74) is 1.88. The lowest BCUT2D eigenvalue weighted by Gasteiger charge is -2.25. The molecule has 1 atom stereocenters. The van der Waals surface area contributed by atoms with Gasteiger partial charge in [-0.25, -0.2) is 4.39 Å². The standard InChI is InChI=1S/C15H17FN4/c1-9-8-11(16)4-5-12(9)14-18-19-15-13(10-2-3-10)17-6-7-20(14)15/h4-5,8,10,13,17H,2-3,6-7H2,1H3. The van der Waals surface area contributed by atoms with Crippen LogP contribution in [0, 0.1) is 18.7 Å². The number of aromatic nitrogens is 3. The van der Waals surface area contributed by atoms with E-state index in [1.165, 1.54) is 18.9 Å². The number of rotatable bonds is 2. The van der Waals surface area contributed by atoms with Gasteiger partial charge >= 0.3 is 0 Å². The Hall–Kier alpha value is -1.75. The second-order valence-electron chi connectivity index (χ2n) is 5.76. The molecule has 1 N–H and O–H groups in total. The lowest BCUT2D eigenvalue weighted by atomic mass is 10.1. The Bertz CT molecular complexity index is 660. The van der Waals surface area contributed by atoms with Gasteiger partial charge in [0, 0.05) is 18.7 Å². The summed E-state index contributed by atoms with van der Waals surface area (Å²) in [7, 11) is 0. The average molecular weight is 272 g/mol. The maximum Gasteiger partial charge on any atom is 0.164 e. The zero-order chi connectivity index (χ0) is 13.7. The minimum atomic E-state index is -0.206. The van der Waals surface area contributed by atoms with Crippen molar-refractivity contribution in [3.63, 3.8) is 0 Å². The van der Waals surface area contributed by atoms with Crippen molar-refractivity contribution >= 4 is 0 Å². The molecule has 1 aromatic carbocycles. The molecule has 104 valence electrons. The van der Waals surface area contributed by atoms with Gasteiger partial charge in [-0.3, -0.25) is 0 Å². The minimum absolute atomic E-state index is 0.206. The Kier molecular flexibility index (Phi) is 2.63. The van der Waals surface area contributed by atoms with Gasteiger partial charge in [-0.05, 0) is 49.4 Å². The van der Waals surface area contributed by atoms with Crippen molar-refractivity contribution in [2.45, 2.75) is 32.4 Å². The van der Waals surface area contributed by atoms with E-state index in [-0.39, 0.29) is 5.82 Å². The van der Waals surface area contributed by atoms with E-state index in [1.54, 1.807) is 12.1 Å². The van der Waals surface area contributed by atoms with Crippen LogP contribution in [0.25, 0.3) is 11.4 Å². The van der Waals surface area contributed by atoms with Crippen LogP contribution in [-0.2, 0) is 6.54 Å². The van der Waals surface area contributed by atoms with Crippen LogP contribution in [0.1, 0.15) is 30.3 Å². The van der Waals surface area contributed by atoms with Crippen LogP contribution >= 0.6 is 0 Å². The van der Waals surface area contributed by atoms with E-state index in [0.29, 0.717) is 12.0 Å².